The molecule has 100 valence electrons. The van der Waals surface area contributed by atoms with Crippen molar-refractivity contribution in [3.8, 4) is 0 Å². The third kappa shape index (κ3) is 2.98. The lowest BCUT2D eigenvalue weighted by Gasteiger charge is -2.15. The van der Waals surface area contributed by atoms with Crippen LogP contribution in [-0.2, 0) is 0 Å². The number of hydrogen-bond acceptors (Lipinski definition) is 0. The second-order valence-electron chi connectivity index (χ2n) is 4.49. The summed E-state index contributed by atoms with van der Waals surface area (Å²) >= 11 is 9.32. The molecule has 0 saturated carbocycles. The number of halogens is 4. The van der Waals surface area contributed by atoms with E-state index >= 15 is 0 Å². The summed E-state index contributed by atoms with van der Waals surface area (Å²) in [5, 5.41) is 0.622. The minimum atomic E-state index is -0.421. The molecule has 0 aliphatic heterocycles. The molecule has 0 saturated heterocycles. The average Bonchev–Trinajstić information content (AvgIpc) is 2.33. The van der Waals surface area contributed by atoms with Crippen molar-refractivity contribution in [2.24, 2.45) is 0 Å². The summed E-state index contributed by atoms with van der Waals surface area (Å²) in [5.41, 5.74) is 2.38. The molecule has 0 heterocycles. The van der Waals surface area contributed by atoms with Crippen molar-refractivity contribution in [2.75, 3.05) is 0 Å². The van der Waals surface area contributed by atoms with Gasteiger partial charge in [0.05, 0.1) is 4.83 Å². The van der Waals surface area contributed by atoms with Gasteiger partial charge in [0.15, 0.2) is 0 Å². The predicted molar refractivity (Wildman–Crippen MR) is 78.1 cm³/mol. The first-order valence-corrected chi connectivity index (χ1v) is 7.05. The smallest absolute Gasteiger partial charge is 0.128 e. The van der Waals surface area contributed by atoms with E-state index in [1.165, 1.54) is 12.1 Å². The van der Waals surface area contributed by atoms with Gasteiger partial charge in [-0.05, 0) is 54.8 Å². The van der Waals surface area contributed by atoms with Gasteiger partial charge in [0.25, 0.3) is 0 Å². The van der Waals surface area contributed by atoms with E-state index in [-0.39, 0.29) is 5.56 Å². The molecule has 0 fully saturated rings. The SMILES string of the molecule is Cc1cc(F)c(C(Br)c2ccc(Cl)cc2C)cc1F. The van der Waals surface area contributed by atoms with Crippen molar-refractivity contribution in [1.29, 1.82) is 0 Å². The average molecular weight is 346 g/mol. The Balaban J connectivity index is 2.49. The molecule has 1 unspecified atom stereocenters. The summed E-state index contributed by atoms with van der Waals surface area (Å²) in [7, 11) is 0. The Kier molecular flexibility index (Phi) is 4.26. The fraction of sp³-hybridized carbons (Fsp3) is 0.200. The standard InChI is InChI=1S/C15H12BrClF2/c1-8-5-10(17)3-4-11(8)15(16)12-7-13(18)9(2)6-14(12)19/h3-7,15H,1-2H3. The van der Waals surface area contributed by atoms with Crippen LogP contribution in [0.15, 0.2) is 30.3 Å². The van der Waals surface area contributed by atoms with E-state index < -0.39 is 16.5 Å². The van der Waals surface area contributed by atoms with Gasteiger partial charge in [-0.2, -0.15) is 0 Å². The molecular formula is C15H12BrClF2. The maximum atomic E-state index is 14.0. The van der Waals surface area contributed by atoms with Crippen molar-refractivity contribution < 1.29 is 8.78 Å². The highest BCUT2D eigenvalue weighted by Gasteiger charge is 2.18. The molecule has 0 spiro atoms. The number of benzene rings is 2. The Morgan fingerprint density at radius 3 is 2.26 bits per heavy atom. The predicted octanol–water partition coefficient (Wildman–Crippen LogP) is 5.72. The maximum Gasteiger partial charge on any atom is 0.128 e. The fourth-order valence-electron chi connectivity index (χ4n) is 1.95. The molecule has 0 amide bonds. The second kappa shape index (κ2) is 5.59. The molecule has 0 aliphatic carbocycles. The largest absolute Gasteiger partial charge is 0.207 e. The van der Waals surface area contributed by atoms with E-state index in [2.05, 4.69) is 15.9 Å². The monoisotopic (exact) mass is 344 g/mol. The molecule has 0 radical (unpaired) electrons. The van der Waals surface area contributed by atoms with E-state index in [9.17, 15) is 8.78 Å². The van der Waals surface area contributed by atoms with Gasteiger partial charge in [-0.25, -0.2) is 8.78 Å². The quantitative estimate of drug-likeness (QED) is 0.611. The molecule has 2 aromatic rings. The Hall–Kier alpha value is -0.930. The number of aryl methyl sites for hydroxylation is 2. The second-order valence-corrected chi connectivity index (χ2v) is 5.84. The molecule has 4 heteroatoms. The van der Waals surface area contributed by atoms with Crippen molar-refractivity contribution in [1.82, 2.24) is 0 Å². The highest BCUT2D eigenvalue weighted by Crippen LogP contribution is 2.35. The van der Waals surface area contributed by atoms with Crippen LogP contribution in [0.2, 0.25) is 5.02 Å². The lowest BCUT2D eigenvalue weighted by atomic mass is 9.99. The van der Waals surface area contributed by atoms with Gasteiger partial charge >= 0.3 is 0 Å². The van der Waals surface area contributed by atoms with Crippen LogP contribution in [0.1, 0.15) is 27.1 Å². The zero-order valence-electron chi connectivity index (χ0n) is 10.5. The Morgan fingerprint density at radius 1 is 0.947 bits per heavy atom. The van der Waals surface area contributed by atoms with Crippen LogP contribution in [-0.4, -0.2) is 0 Å². The van der Waals surface area contributed by atoms with Gasteiger partial charge < -0.3 is 0 Å². The molecule has 0 nitrogen and oxygen atoms in total. The summed E-state index contributed by atoms with van der Waals surface area (Å²) in [5.74, 6) is -0.831. The van der Waals surface area contributed by atoms with Crippen LogP contribution < -0.4 is 0 Å². The van der Waals surface area contributed by atoms with Crippen LogP contribution in [0.3, 0.4) is 0 Å². The van der Waals surface area contributed by atoms with Crippen LogP contribution >= 0.6 is 27.5 Å². The highest BCUT2D eigenvalue weighted by molar-refractivity contribution is 9.09. The minimum Gasteiger partial charge on any atom is -0.207 e. The lowest BCUT2D eigenvalue weighted by molar-refractivity contribution is 0.581. The maximum absolute atomic E-state index is 14.0. The van der Waals surface area contributed by atoms with Gasteiger partial charge in [0.1, 0.15) is 11.6 Å². The molecule has 0 bridgehead atoms. The topological polar surface area (TPSA) is 0 Å². The first kappa shape index (κ1) is 14.5. The first-order valence-electron chi connectivity index (χ1n) is 5.76. The van der Waals surface area contributed by atoms with E-state index in [1.54, 1.807) is 19.1 Å². The number of hydrogen-bond donors (Lipinski definition) is 0. The van der Waals surface area contributed by atoms with Crippen molar-refractivity contribution in [3.63, 3.8) is 0 Å². The summed E-state index contributed by atoms with van der Waals surface area (Å²) < 4.78 is 27.5. The summed E-state index contributed by atoms with van der Waals surface area (Å²) in [6.07, 6.45) is 0. The third-order valence-electron chi connectivity index (χ3n) is 3.06. The zero-order chi connectivity index (χ0) is 14.2. The van der Waals surface area contributed by atoms with E-state index in [4.69, 9.17) is 11.6 Å². The van der Waals surface area contributed by atoms with Crippen LogP contribution in [0.4, 0.5) is 8.78 Å². The highest BCUT2D eigenvalue weighted by atomic mass is 79.9. The molecular weight excluding hydrogens is 334 g/mol. The van der Waals surface area contributed by atoms with Crippen LogP contribution in [0, 0.1) is 25.5 Å². The van der Waals surface area contributed by atoms with Crippen molar-refractivity contribution >= 4 is 27.5 Å². The lowest BCUT2D eigenvalue weighted by Crippen LogP contribution is -2.01. The van der Waals surface area contributed by atoms with Crippen molar-refractivity contribution in [2.45, 2.75) is 18.7 Å². The van der Waals surface area contributed by atoms with Crippen molar-refractivity contribution in [3.05, 3.63) is 69.2 Å². The van der Waals surface area contributed by atoms with Gasteiger partial charge in [0.2, 0.25) is 0 Å². The Labute approximate surface area is 124 Å². The molecule has 0 aliphatic rings. The van der Waals surface area contributed by atoms with Crippen LogP contribution in [0.5, 0.6) is 0 Å². The van der Waals surface area contributed by atoms with Gasteiger partial charge in [-0.3, -0.25) is 0 Å². The number of alkyl halides is 1. The van der Waals surface area contributed by atoms with Gasteiger partial charge in [-0.1, -0.05) is 33.6 Å². The third-order valence-corrected chi connectivity index (χ3v) is 4.28. The van der Waals surface area contributed by atoms with E-state index in [1.807, 2.05) is 13.0 Å². The fourth-order valence-corrected chi connectivity index (χ4v) is 3.04. The zero-order valence-corrected chi connectivity index (χ0v) is 12.8. The van der Waals surface area contributed by atoms with Gasteiger partial charge in [-0.15, -0.1) is 0 Å². The van der Waals surface area contributed by atoms with E-state index in [0.29, 0.717) is 10.6 Å². The number of rotatable bonds is 2. The molecule has 2 aromatic carbocycles. The van der Waals surface area contributed by atoms with Gasteiger partial charge in [0, 0.05) is 10.6 Å². The van der Waals surface area contributed by atoms with Crippen LogP contribution in [0.25, 0.3) is 0 Å². The summed E-state index contributed by atoms with van der Waals surface area (Å²) in [6, 6.07) is 7.80. The minimum absolute atomic E-state index is 0.286. The first-order chi connectivity index (χ1) is 8.90. The molecule has 0 N–H and O–H groups in total. The molecule has 1 atom stereocenters. The molecule has 2 rings (SSSR count). The molecule has 19 heavy (non-hydrogen) atoms. The summed E-state index contributed by atoms with van der Waals surface area (Å²) in [6.45, 7) is 3.43. The summed E-state index contributed by atoms with van der Waals surface area (Å²) in [4.78, 5) is -0.403. The Bertz CT molecular complexity index is 626. The normalized spacial score (nSPS) is 12.5. The van der Waals surface area contributed by atoms with E-state index in [0.717, 1.165) is 11.1 Å². The molecule has 0 aromatic heterocycles. The Morgan fingerprint density at radius 2 is 1.63 bits per heavy atom.